The average Bonchev–Trinajstić information content (AvgIpc) is 3.04. The topological polar surface area (TPSA) is 49.3 Å². The molecule has 1 aromatic carbocycles. The molecule has 0 saturated heterocycles. The third-order valence-corrected chi connectivity index (χ3v) is 4.76. The standard InChI is InChI=1S/C18H19NO2S/c20-17(6-5-14-8-10-22-12-14)19-13-18(21)9-7-15-3-1-2-4-16(15)11-18/h1-6,8,10,12,21H,7,9,11,13H2,(H,19,20)/b6-5+. The van der Waals surface area contributed by atoms with E-state index in [1.54, 1.807) is 17.4 Å². The fraction of sp³-hybridized carbons (Fsp3) is 0.278. The van der Waals surface area contributed by atoms with Gasteiger partial charge in [0, 0.05) is 19.0 Å². The minimum Gasteiger partial charge on any atom is -0.388 e. The van der Waals surface area contributed by atoms with Gasteiger partial charge in [0.2, 0.25) is 5.91 Å². The van der Waals surface area contributed by atoms with Crippen molar-refractivity contribution in [2.24, 2.45) is 0 Å². The number of hydrogen-bond acceptors (Lipinski definition) is 3. The smallest absolute Gasteiger partial charge is 0.244 e. The summed E-state index contributed by atoms with van der Waals surface area (Å²) in [6, 6.07) is 10.1. The highest BCUT2D eigenvalue weighted by atomic mass is 32.1. The van der Waals surface area contributed by atoms with Crippen LogP contribution in [0.4, 0.5) is 0 Å². The normalized spacial score (nSPS) is 20.8. The number of aliphatic hydroxyl groups is 1. The van der Waals surface area contributed by atoms with Crippen molar-refractivity contribution in [1.82, 2.24) is 5.32 Å². The molecule has 1 aliphatic rings. The van der Waals surface area contributed by atoms with E-state index in [1.807, 2.05) is 29.0 Å². The summed E-state index contributed by atoms with van der Waals surface area (Å²) in [5, 5.41) is 17.4. The van der Waals surface area contributed by atoms with Crippen molar-refractivity contribution in [3.05, 3.63) is 63.9 Å². The maximum atomic E-state index is 11.9. The van der Waals surface area contributed by atoms with E-state index in [1.165, 1.54) is 17.2 Å². The van der Waals surface area contributed by atoms with Crippen LogP contribution in [-0.4, -0.2) is 23.2 Å². The molecular formula is C18H19NO2S. The Hall–Kier alpha value is -1.91. The van der Waals surface area contributed by atoms with Gasteiger partial charge in [-0.25, -0.2) is 0 Å². The predicted molar refractivity (Wildman–Crippen MR) is 89.8 cm³/mol. The molecule has 22 heavy (non-hydrogen) atoms. The lowest BCUT2D eigenvalue weighted by atomic mass is 9.80. The number of amides is 1. The van der Waals surface area contributed by atoms with Gasteiger partial charge in [0.1, 0.15) is 0 Å². The number of hydrogen-bond donors (Lipinski definition) is 2. The summed E-state index contributed by atoms with van der Waals surface area (Å²) < 4.78 is 0. The number of aryl methyl sites for hydroxylation is 1. The molecule has 1 amide bonds. The molecular weight excluding hydrogens is 294 g/mol. The molecule has 0 bridgehead atoms. The van der Waals surface area contributed by atoms with Crippen LogP contribution in [0.3, 0.4) is 0 Å². The van der Waals surface area contributed by atoms with E-state index >= 15 is 0 Å². The molecule has 0 fully saturated rings. The Morgan fingerprint density at radius 1 is 1.32 bits per heavy atom. The molecule has 0 radical (unpaired) electrons. The monoisotopic (exact) mass is 313 g/mol. The number of rotatable bonds is 4. The number of carbonyl (C=O) groups is 1. The van der Waals surface area contributed by atoms with Crippen LogP contribution in [0, 0.1) is 0 Å². The van der Waals surface area contributed by atoms with Crippen LogP contribution in [0.25, 0.3) is 6.08 Å². The Kier molecular flexibility index (Phi) is 4.41. The van der Waals surface area contributed by atoms with Crippen molar-refractivity contribution in [2.75, 3.05) is 6.54 Å². The van der Waals surface area contributed by atoms with Gasteiger partial charge in [-0.05, 0) is 52.4 Å². The highest BCUT2D eigenvalue weighted by Gasteiger charge is 2.31. The van der Waals surface area contributed by atoms with Gasteiger partial charge < -0.3 is 10.4 Å². The number of nitrogens with one attached hydrogen (secondary N) is 1. The lowest BCUT2D eigenvalue weighted by Gasteiger charge is -2.33. The molecule has 3 nitrogen and oxygen atoms in total. The Morgan fingerprint density at radius 3 is 2.91 bits per heavy atom. The summed E-state index contributed by atoms with van der Waals surface area (Å²) in [5.74, 6) is -0.168. The van der Waals surface area contributed by atoms with Crippen LogP contribution in [0.15, 0.2) is 47.2 Å². The first-order valence-electron chi connectivity index (χ1n) is 7.42. The van der Waals surface area contributed by atoms with E-state index in [2.05, 4.69) is 17.4 Å². The third kappa shape index (κ3) is 3.64. The number of fused-ring (bicyclic) bond motifs is 1. The average molecular weight is 313 g/mol. The summed E-state index contributed by atoms with van der Waals surface area (Å²) in [4.78, 5) is 11.9. The molecule has 0 saturated carbocycles. The van der Waals surface area contributed by atoms with E-state index in [-0.39, 0.29) is 12.5 Å². The largest absolute Gasteiger partial charge is 0.388 e. The van der Waals surface area contributed by atoms with Gasteiger partial charge in [0.15, 0.2) is 0 Å². The fourth-order valence-electron chi connectivity index (χ4n) is 2.79. The SMILES string of the molecule is O=C(/C=C/c1ccsc1)NCC1(O)CCc2ccccc2C1. The molecule has 1 unspecified atom stereocenters. The van der Waals surface area contributed by atoms with Crippen molar-refractivity contribution in [3.8, 4) is 0 Å². The minimum absolute atomic E-state index is 0.168. The molecule has 2 N–H and O–H groups in total. The van der Waals surface area contributed by atoms with Gasteiger partial charge in [-0.3, -0.25) is 4.79 Å². The molecule has 1 heterocycles. The lowest BCUT2D eigenvalue weighted by molar-refractivity contribution is -0.117. The number of thiophene rings is 1. The van der Waals surface area contributed by atoms with E-state index in [4.69, 9.17) is 0 Å². The summed E-state index contributed by atoms with van der Waals surface area (Å²) in [7, 11) is 0. The molecule has 2 aromatic rings. The van der Waals surface area contributed by atoms with E-state index in [9.17, 15) is 9.90 Å². The van der Waals surface area contributed by atoms with Gasteiger partial charge in [-0.15, -0.1) is 0 Å². The minimum atomic E-state index is -0.847. The zero-order chi connectivity index (χ0) is 15.4. The molecule has 3 rings (SSSR count). The van der Waals surface area contributed by atoms with E-state index in [0.29, 0.717) is 12.8 Å². The first-order chi connectivity index (χ1) is 10.6. The molecule has 1 aromatic heterocycles. The Labute approximate surface area is 134 Å². The van der Waals surface area contributed by atoms with Crippen LogP contribution < -0.4 is 5.32 Å². The van der Waals surface area contributed by atoms with Crippen LogP contribution in [-0.2, 0) is 17.6 Å². The van der Waals surface area contributed by atoms with Crippen LogP contribution in [0.2, 0.25) is 0 Å². The molecule has 0 spiro atoms. The van der Waals surface area contributed by atoms with Crippen LogP contribution in [0.5, 0.6) is 0 Å². The van der Waals surface area contributed by atoms with Gasteiger partial charge >= 0.3 is 0 Å². The predicted octanol–water partition coefficient (Wildman–Crippen LogP) is 2.80. The van der Waals surface area contributed by atoms with Gasteiger partial charge in [0.05, 0.1) is 5.60 Å². The zero-order valence-electron chi connectivity index (χ0n) is 12.3. The van der Waals surface area contributed by atoms with Crippen molar-refractivity contribution < 1.29 is 9.90 Å². The Morgan fingerprint density at radius 2 is 2.14 bits per heavy atom. The van der Waals surface area contributed by atoms with E-state index in [0.717, 1.165) is 12.0 Å². The number of carbonyl (C=O) groups excluding carboxylic acids is 1. The lowest BCUT2D eigenvalue weighted by Crippen LogP contribution is -2.46. The first-order valence-corrected chi connectivity index (χ1v) is 8.36. The highest BCUT2D eigenvalue weighted by molar-refractivity contribution is 7.08. The van der Waals surface area contributed by atoms with Gasteiger partial charge in [0.25, 0.3) is 0 Å². The second kappa shape index (κ2) is 6.46. The van der Waals surface area contributed by atoms with Crippen LogP contribution >= 0.6 is 11.3 Å². The molecule has 0 aliphatic heterocycles. The van der Waals surface area contributed by atoms with Crippen molar-refractivity contribution in [3.63, 3.8) is 0 Å². The Balaban J connectivity index is 1.56. The summed E-state index contributed by atoms with van der Waals surface area (Å²) in [5.41, 5.74) is 2.65. The molecule has 114 valence electrons. The second-order valence-corrected chi connectivity index (χ2v) is 6.56. The van der Waals surface area contributed by atoms with Gasteiger partial charge in [-0.1, -0.05) is 24.3 Å². The zero-order valence-corrected chi connectivity index (χ0v) is 13.1. The summed E-state index contributed by atoms with van der Waals surface area (Å²) in [6.45, 7) is 0.286. The van der Waals surface area contributed by atoms with E-state index < -0.39 is 5.60 Å². The van der Waals surface area contributed by atoms with Crippen LogP contribution in [0.1, 0.15) is 23.1 Å². The quantitative estimate of drug-likeness (QED) is 0.853. The molecule has 4 heteroatoms. The van der Waals surface area contributed by atoms with Crippen molar-refractivity contribution in [1.29, 1.82) is 0 Å². The maximum absolute atomic E-state index is 11.9. The fourth-order valence-corrected chi connectivity index (χ4v) is 3.42. The molecule has 1 aliphatic carbocycles. The summed E-state index contributed by atoms with van der Waals surface area (Å²) in [6.07, 6.45) is 5.43. The van der Waals surface area contributed by atoms with Crippen molar-refractivity contribution in [2.45, 2.75) is 24.9 Å². The molecule has 1 atom stereocenters. The third-order valence-electron chi connectivity index (χ3n) is 4.06. The second-order valence-electron chi connectivity index (χ2n) is 5.78. The highest BCUT2D eigenvalue weighted by Crippen LogP contribution is 2.28. The van der Waals surface area contributed by atoms with Crippen molar-refractivity contribution >= 4 is 23.3 Å². The maximum Gasteiger partial charge on any atom is 0.244 e. The number of benzene rings is 1. The Bertz CT molecular complexity index is 678. The van der Waals surface area contributed by atoms with Gasteiger partial charge in [-0.2, -0.15) is 11.3 Å². The first kappa shape index (κ1) is 15.0. The summed E-state index contributed by atoms with van der Waals surface area (Å²) >= 11 is 1.60.